The molecule has 0 N–H and O–H groups in total. The van der Waals surface area contributed by atoms with Crippen molar-refractivity contribution >= 4 is 11.8 Å². The number of hydrogen-bond acceptors (Lipinski definition) is 5. The molecule has 3 aromatic carbocycles. The van der Waals surface area contributed by atoms with Gasteiger partial charge < -0.3 is 14.0 Å². The van der Waals surface area contributed by atoms with E-state index in [1.807, 2.05) is 41.9 Å². The first-order chi connectivity index (χ1) is 14.8. The van der Waals surface area contributed by atoms with Crippen LogP contribution < -0.4 is 9.47 Å². The number of nitrogens with zero attached hydrogens (tertiary/aromatic N) is 3. The zero-order valence-electron chi connectivity index (χ0n) is 16.6. The number of fused-ring (bicyclic) bond motifs is 1. The maximum absolute atomic E-state index is 6.07. The summed E-state index contributed by atoms with van der Waals surface area (Å²) in [5, 5.41) is 9.59. The Morgan fingerprint density at radius 1 is 0.867 bits per heavy atom. The van der Waals surface area contributed by atoms with E-state index >= 15 is 0 Å². The fraction of sp³-hybridized carbons (Fsp3) is 0.167. The summed E-state index contributed by atoms with van der Waals surface area (Å²) < 4.78 is 13.9. The molecule has 0 saturated heterocycles. The van der Waals surface area contributed by atoms with Gasteiger partial charge in [-0.2, -0.15) is 0 Å². The Labute approximate surface area is 179 Å². The third-order valence-corrected chi connectivity index (χ3v) is 6.19. The van der Waals surface area contributed by atoms with Crippen molar-refractivity contribution in [3.8, 4) is 22.6 Å². The summed E-state index contributed by atoms with van der Waals surface area (Å²) in [5.74, 6) is 3.10. The minimum Gasteiger partial charge on any atom is -0.485 e. The standard InChI is InChI=1S/C24H21N3O2S/c1-27-23(22-15-28-20-9-5-6-10-21(20)29-22)25-26-24(27)30-16-17-11-13-19(14-12-17)18-7-3-2-4-8-18/h2-14,22H,15-16H2,1H3. The Bertz CT molecular complexity index is 1140. The highest BCUT2D eigenvalue weighted by Crippen LogP contribution is 2.36. The van der Waals surface area contributed by atoms with Crippen LogP contribution in [0, 0.1) is 0 Å². The van der Waals surface area contributed by atoms with Gasteiger partial charge in [-0.05, 0) is 28.8 Å². The van der Waals surface area contributed by atoms with Gasteiger partial charge in [0.25, 0.3) is 0 Å². The molecule has 1 aliphatic rings. The molecule has 0 spiro atoms. The maximum atomic E-state index is 6.07. The first-order valence-corrected chi connectivity index (χ1v) is 10.8. The van der Waals surface area contributed by atoms with Gasteiger partial charge in [0.2, 0.25) is 0 Å². The number of thioether (sulfide) groups is 1. The monoisotopic (exact) mass is 415 g/mol. The van der Waals surface area contributed by atoms with Crippen molar-refractivity contribution in [2.45, 2.75) is 17.0 Å². The number of ether oxygens (including phenoxy) is 2. The van der Waals surface area contributed by atoms with Crippen LogP contribution in [0.4, 0.5) is 0 Å². The van der Waals surface area contributed by atoms with Crippen molar-refractivity contribution in [1.29, 1.82) is 0 Å². The lowest BCUT2D eigenvalue weighted by atomic mass is 10.0. The number of para-hydroxylation sites is 2. The molecule has 30 heavy (non-hydrogen) atoms. The van der Waals surface area contributed by atoms with Gasteiger partial charge >= 0.3 is 0 Å². The Morgan fingerprint density at radius 2 is 1.57 bits per heavy atom. The zero-order chi connectivity index (χ0) is 20.3. The Hall–Kier alpha value is -3.25. The highest BCUT2D eigenvalue weighted by atomic mass is 32.2. The molecule has 1 unspecified atom stereocenters. The molecule has 0 bridgehead atoms. The summed E-state index contributed by atoms with van der Waals surface area (Å²) in [5.41, 5.74) is 3.70. The Kier molecular flexibility index (Phi) is 5.15. The highest BCUT2D eigenvalue weighted by Gasteiger charge is 2.27. The third-order valence-electron chi connectivity index (χ3n) is 5.09. The van der Waals surface area contributed by atoms with Crippen LogP contribution in [-0.2, 0) is 12.8 Å². The van der Waals surface area contributed by atoms with Gasteiger partial charge in [-0.3, -0.25) is 0 Å². The van der Waals surface area contributed by atoms with Gasteiger partial charge in [0.05, 0.1) is 0 Å². The lowest BCUT2D eigenvalue weighted by Crippen LogP contribution is -2.24. The largest absolute Gasteiger partial charge is 0.485 e. The molecular formula is C24H21N3O2S. The fourth-order valence-corrected chi connectivity index (χ4v) is 4.32. The average Bonchev–Trinajstić information content (AvgIpc) is 3.18. The van der Waals surface area contributed by atoms with Gasteiger partial charge in [-0.25, -0.2) is 0 Å². The number of rotatable bonds is 5. The van der Waals surface area contributed by atoms with Crippen molar-refractivity contribution in [2.24, 2.45) is 7.05 Å². The fourth-order valence-electron chi connectivity index (χ4n) is 3.45. The van der Waals surface area contributed by atoms with E-state index in [-0.39, 0.29) is 6.10 Å². The lowest BCUT2D eigenvalue weighted by Gasteiger charge is -2.25. The molecule has 150 valence electrons. The van der Waals surface area contributed by atoms with Gasteiger partial charge in [-0.1, -0.05) is 78.5 Å². The summed E-state index contributed by atoms with van der Waals surface area (Å²) in [6.07, 6.45) is -0.267. The predicted octanol–water partition coefficient (Wildman–Crippen LogP) is 5.29. The second-order valence-electron chi connectivity index (χ2n) is 7.12. The summed E-state index contributed by atoms with van der Waals surface area (Å²) in [6, 6.07) is 26.8. The van der Waals surface area contributed by atoms with E-state index in [0.717, 1.165) is 28.2 Å². The molecule has 0 radical (unpaired) electrons. The van der Waals surface area contributed by atoms with Crippen LogP contribution >= 0.6 is 11.8 Å². The minimum atomic E-state index is -0.267. The Balaban J connectivity index is 1.25. The van der Waals surface area contributed by atoms with Crippen LogP contribution in [0.15, 0.2) is 84.0 Å². The first-order valence-electron chi connectivity index (χ1n) is 9.83. The topological polar surface area (TPSA) is 49.2 Å². The molecule has 2 heterocycles. The van der Waals surface area contributed by atoms with Crippen LogP contribution in [0.3, 0.4) is 0 Å². The molecule has 1 atom stereocenters. The average molecular weight is 416 g/mol. The molecule has 6 heteroatoms. The molecule has 0 amide bonds. The highest BCUT2D eigenvalue weighted by molar-refractivity contribution is 7.98. The summed E-state index contributed by atoms with van der Waals surface area (Å²) in [4.78, 5) is 0. The second kappa shape index (κ2) is 8.24. The molecule has 0 saturated carbocycles. The lowest BCUT2D eigenvalue weighted by molar-refractivity contribution is 0.0825. The van der Waals surface area contributed by atoms with E-state index in [9.17, 15) is 0 Å². The van der Waals surface area contributed by atoms with Crippen LogP contribution in [0.2, 0.25) is 0 Å². The summed E-state index contributed by atoms with van der Waals surface area (Å²) in [7, 11) is 1.97. The third kappa shape index (κ3) is 3.78. The van der Waals surface area contributed by atoms with E-state index in [4.69, 9.17) is 9.47 Å². The van der Waals surface area contributed by atoms with Gasteiger partial charge in [0.1, 0.15) is 6.61 Å². The van der Waals surface area contributed by atoms with Crippen LogP contribution in [-0.4, -0.2) is 21.4 Å². The van der Waals surface area contributed by atoms with E-state index < -0.39 is 0 Å². The molecule has 1 aliphatic heterocycles. The molecule has 5 rings (SSSR count). The molecule has 4 aromatic rings. The minimum absolute atomic E-state index is 0.267. The van der Waals surface area contributed by atoms with Crippen LogP contribution in [0.5, 0.6) is 11.5 Å². The zero-order valence-corrected chi connectivity index (χ0v) is 17.4. The predicted molar refractivity (Wildman–Crippen MR) is 118 cm³/mol. The van der Waals surface area contributed by atoms with Crippen molar-refractivity contribution in [1.82, 2.24) is 14.8 Å². The van der Waals surface area contributed by atoms with E-state index in [0.29, 0.717) is 6.61 Å². The van der Waals surface area contributed by atoms with Crippen molar-refractivity contribution in [3.63, 3.8) is 0 Å². The van der Waals surface area contributed by atoms with Crippen molar-refractivity contribution < 1.29 is 9.47 Å². The van der Waals surface area contributed by atoms with Crippen molar-refractivity contribution in [3.05, 3.63) is 90.3 Å². The van der Waals surface area contributed by atoms with E-state index in [1.165, 1.54) is 16.7 Å². The van der Waals surface area contributed by atoms with Gasteiger partial charge in [-0.15, -0.1) is 10.2 Å². The second-order valence-corrected chi connectivity index (χ2v) is 8.06. The summed E-state index contributed by atoms with van der Waals surface area (Å²) in [6.45, 7) is 0.425. The maximum Gasteiger partial charge on any atom is 0.192 e. The normalized spacial score (nSPS) is 15.2. The SMILES string of the molecule is Cn1c(SCc2ccc(-c3ccccc3)cc2)nnc1C1COc2ccccc2O1. The smallest absolute Gasteiger partial charge is 0.192 e. The van der Waals surface area contributed by atoms with Crippen molar-refractivity contribution in [2.75, 3.05) is 6.61 Å². The number of hydrogen-bond donors (Lipinski definition) is 0. The summed E-state index contributed by atoms with van der Waals surface area (Å²) >= 11 is 1.67. The molecular weight excluding hydrogens is 394 g/mol. The van der Waals surface area contributed by atoms with E-state index in [2.05, 4.69) is 58.7 Å². The molecule has 0 aliphatic carbocycles. The van der Waals surface area contributed by atoms with Crippen LogP contribution in [0.25, 0.3) is 11.1 Å². The number of aromatic nitrogens is 3. The molecule has 0 fully saturated rings. The van der Waals surface area contributed by atoms with E-state index in [1.54, 1.807) is 11.8 Å². The van der Waals surface area contributed by atoms with Gasteiger partial charge in [0, 0.05) is 12.8 Å². The molecule has 1 aromatic heterocycles. The quantitative estimate of drug-likeness (QED) is 0.415. The van der Waals surface area contributed by atoms with Gasteiger partial charge in [0.15, 0.2) is 28.6 Å². The number of benzene rings is 3. The van der Waals surface area contributed by atoms with Crippen LogP contribution in [0.1, 0.15) is 17.5 Å². The first kappa shape index (κ1) is 18.8. The molecule has 5 nitrogen and oxygen atoms in total. The Morgan fingerprint density at radius 3 is 2.37 bits per heavy atom.